The number of benzene rings is 1. The molecule has 1 heterocycles. The number of hydrogen-bond acceptors (Lipinski definition) is 4. The van der Waals surface area contributed by atoms with Crippen LogP contribution in [0.25, 0.3) is 11.5 Å². The Morgan fingerprint density at radius 3 is 2.70 bits per heavy atom. The van der Waals surface area contributed by atoms with E-state index < -0.39 is 6.10 Å². The molecule has 1 amide bonds. The van der Waals surface area contributed by atoms with Gasteiger partial charge in [-0.3, -0.25) is 4.79 Å². The van der Waals surface area contributed by atoms with Gasteiger partial charge in [0.1, 0.15) is 6.26 Å². The molecule has 0 saturated carbocycles. The third-order valence-electron chi connectivity index (χ3n) is 3.26. The smallest absolute Gasteiger partial charge is 0.226 e. The maximum absolute atomic E-state index is 11.9. The molecule has 1 aromatic carbocycles. The zero-order chi connectivity index (χ0) is 16.8. The lowest BCUT2D eigenvalue weighted by Crippen LogP contribution is -2.33. The molecular formula is C17H21ClN2O3. The Morgan fingerprint density at radius 2 is 2.04 bits per heavy atom. The standard InChI is InChI=1S/C17H21ClN2O3/c1-11(2)7-15(21)9-19-16(22)8-14-10-23-17(20-14)12-3-5-13(18)6-4-12/h3-6,10-11,15,21H,7-9H2,1-2H3,(H,19,22). The second-order valence-electron chi connectivity index (χ2n) is 5.92. The van der Waals surface area contributed by atoms with Crippen molar-refractivity contribution < 1.29 is 14.3 Å². The van der Waals surface area contributed by atoms with Gasteiger partial charge in [0.15, 0.2) is 0 Å². The number of oxazole rings is 1. The Labute approximate surface area is 140 Å². The predicted octanol–water partition coefficient (Wildman–Crippen LogP) is 3.06. The summed E-state index contributed by atoms with van der Waals surface area (Å²) in [4.78, 5) is 16.2. The minimum atomic E-state index is -0.527. The van der Waals surface area contributed by atoms with Crippen LogP contribution < -0.4 is 5.32 Å². The highest BCUT2D eigenvalue weighted by Gasteiger charge is 2.12. The lowest BCUT2D eigenvalue weighted by Gasteiger charge is -2.13. The highest BCUT2D eigenvalue weighted by Crippen LogP contribution is 2.21. The summed E-state index contributed by atoms with van der Waals surface area (Å²) in [6.45, 7) is 4.30. The van der Waals surface area contributed by atoms with Crippen molar-refractivity contribution in [3.05, 3.63) is 41.2 Å². The average Bonchev–Trinajstić information content (AvgIpc) is 2.93. The van der Waals surface area contributed by atoms with Crippen LogP contribution in [0.5, 0.6) is 0 Å². The molecule has 2 rings (SSSR count). The second kappa shape index (κ2) is 8.13. The van der Waals surface area contributed by atoms with E-state index in [9.17, 15) is 9.90 Å². The SMILES string of the molecule is CC(C)CC(O)CNC(=O)Cc1coc(-c2ccc(Cl)cc2)n1. The van der Waals surface area contributed by atoms with E-state index in [0.29, 0.717) is 28.9 Å². The highest BCUT2D eigenvalue weighted by atomic mass is 35.5. The summed E-state index contributed by atoms with van der Waals surface area (Å²) < 4.78 is 5.39. The van der Waals surface area contributed by atoms with E-state index >= 15 is 0 Å². The van der Waals surface area contributed by atoms with Gasteiger partial charge in [0.2, 0.25) is 11.8 Å². The fourth-order valence-electron chi connectivity index (χ4n) is 2.20. The maximum Gasteiger partial charge on any atom is 0.226 e. The monoisotopic (exact) mass is 336 g/mol. The first-order valence-corrected chi connectivity index (χ1v) is 7.97. The molecule has 1 atom stereocenters. The van der Waals surface area contributed by atoms with Crippen molar-refractivity contribution in [2.24, 2.45) is 5.92 Å². The van der Waals surface area contributed by atoms with E-state index in [1.807, 2.05) is 13.8 Å². The van der Waals surface area contributed by atoms with E-state index in [4.69, 9.17) is 16.0 Å². The van der Waals surface area contributed by atoms with Gasteiger partial charge < -0.3 is 14.8 Å². The van der Waals surface area contributed by atoms with E-state index in [1.54, 1.807) is 24.3 Å². The van der Waals surface area contributed by atoms with Crippen molar-refractivity contribution in [3.8, 4) is 11.5 Å². The fraction of sp³-hybridized carbons (Fsp3) is 0.412. The van der Waals surface area contributed by atoms with Gasteiger partial charge in [-0.15, -0.1) is 0 Å². The third-order valence-corrected chi connectivity index (χ3v) is 3.51. The van der Waals surface area contributed by atoms with Crippen molar-refractivity contribution in [3.63, 3.8) is 0 Å². The first-order chi connectivity index (χ1) is 10.9. The van der Waals surface area contributed by atoms with Gasteiger partial charge >= 0.3 is 0 Å². The number of aliphatic hydroxyl groups excluding tert-OH is 1. The molecule has 0 radical (unpaired) electrons. The van der Waals surface area contributed by atoms with Crippen LogP contribution in [-0.2, 0) is 11.2 Å². The van der Waals surface area contributed by atoms with Crippen LogP contribution in [0.1, 0.15) is 26.0 Å². The lowest BCUT2D eigenvalue weighted by molar-refractivity contribution is -0.121. The predicted molar refractivity (Wildman–Crippen MR) is 89.1 cm³/mol. The molecule has 0 bridgehead atoms. The molecule has 2 aromatic rings. The lowest BCUT2D eigenvalue weighted by atomic mass is 10.1. The zero-order valence-electron chi connectivity index (χ0n) is 13.3. The summed E-state index contributed by atoms with van der Waals surface area (Å²) in [7, 11) is 0. The van der Waals surface area contributed by atoms with Crippen LogP contribution in [0.15, 0.2) is 34.9 Å². The second-order valence-corrected chi connectivity index (χ2v) is 6.35. The molecule has 124 valence electrons. The Hall–Kier alpha value is -1.85. The van der Waals surface area contributed by atoms with Gasteiger partial charge in [-0.05, 0) is 36.6 Å². The summed E-state index contributed by atoms with van der Waals surface area (Å²) in [6.07, 6.45) is 1.71. The Balaban J connectivity index is 1.86. The minimum absolute atomic E-state index is 0.117. The van der Waals surface area contributed by atoms with Gasteiger partial charge in [-0.25, -0.2) is 4.98 Å². The zero-order valence-corrected chi connectivity index (χ0v) is 14.0. The number of rotatable bonds is 7. The summed E-state index contributed by atoms with van der Waals surface area (Å²) in [5.41, 5.74) is 1.35. The van der Waals surface area contributed by atoms with Crippen molar-refractivity contribution in [2.75, 3.05) is 6.54 Å². The molecule has 0 saturated heterocycles. The number of amides is 1. The number of nitrogens with one attached hydrogen (secondary N) is 1. The van der Waals surface area contributed by atoms with Gasteiger partial charge in [-0.2, -0.15) is 0 Å². The largest absolute Gasteiger partial charge is 0.444 e. The van der Waals surface area contributed by atoms with Crippen LogP contribution in [0.3, 0.4) is 0 Å². The highest BCUT2D eigenvalue weighted by molar-refractivity contribution is 6.30. The van der Waals surface area contributed by atoms with Crippen molar-refractivity contribution >= 4 is 17.5 Å². The summed E-state index contributed by atoms with van der Waals surface area (Å²) in [6, 6.07) is 7.12. The normalized spacial score (nSPS) is 12.4. The number of carbonyl (C=O) groups excluding carboxylic acids is 1. The van der Waals surface area contributed by atoms with Gasteiger partial charge in [0, 0.05) is 17.1 Å². The summed E-state index contributed by atoms with van der Waals surface area (Å²) in [5.74, 6) is 0.646. The van der Waals surface area contributed by atoms with Crippen molar-refractivity contribution in [1.29, 1.82) is 0 Å². The van der Waals surface area contributed by atoms with E-state index in [0.717, 1.165) is 5.56 Å². The molecule has 23 heavy (non-hydrogen) atoms. The van der Waals surface area contributed by atoms with Gasteiger partial charge in [0.25, 0.3) is 0 Å². The number of nitrogens with zero attached hydrogens (tertiary/aromatic N) is 1. The number of hydrogen-bond donors (Lipinski definition) is 2. The Kier molecular flexibility index (Phi) is 6.19. The van der Waals surface area contributed by atoms with Crippen LogP contribution in [-0.4, -0.2) is 28.6 Å². The Bertz CT molecular complexity index is 638. The fourth-order valence-corrected chi connectivity index (χ4v) is 2.33. The molecule has 0 aliphatic heterocycles. The molecule has 1 unspecified atom stereocenters. The van der Waals surface area contributed by atoms with Crippen molar-refractivity contribution in [1.82, 2.24) is 10.3 Å². The molecule has 5 nitrogen and oxygen atoms in total. The van der Waals surface area contributed by atoms with E-state index in [2.05, 4.69) is 10.3 Å². The molecule has 0 spiro atoms. The first kappa shape index (κ1) is 17.5. The quantitative estimate of drug-likeness (QED) is 0.814. The van der Waals surface area contributed by atoms with E-state index in [1.165, 1.54) is 6.26 Å². The average molecular weight is 337 g/mol. The summed E-state index contributed by atoms with van der Waals surface area (Å²) in [5, 5.41) is 13.1. The number of aliphatic hydroxyl groups is 1. The van der Waals surface area contributed by atoms with Gasteiger partial charge in [-0.1, -0.05) is 25.4 Å². The van der Waals surface area contributed by atoms with Crippen molar-refractivity contribution in [2.45, 2.75) is 32.8 Å². The molecule has 0 aliphatic rings. The Morgan fingerprint density at radius 1 is 1.35 bits per heavy atom. The molecule has 6 heteroatoms. The maximum atomic E-state index is 11.9. The number of aromatic nitrogens is 1. The number of halogens is 1. The first-order valence-electron chi connectivity index (χ1n) is 7.59. The third kappa shape index (κ3) is 5.69. The molecule has 0 fully saturated rings. The van der Waals surface area contributed by atoms with Crippen LogP contribution in [0.4, 0.5) is 0 Å². The topological polar surface area (TPSA) is 75.4 Å². The van der Waals surface area contributed by atoms with Crippen LogP contribution >= 0.6 is 11.6 Å². The van der Waals surface area contributed by atoms with Crippen LogP contribution in [0, 0.1) is 5.92 Å². The van der Waals surface area contributed by atoms with E-state index in [-0.39, 0.29) is 18.9 Å². The molecule has 2 N–H and O–H groups in total. The van der Waals surface area contributed by atoms with Crippen LogP contribution in [0.2, 0.25) is 5.02 Å². The number of carbonyl (C=O) groups is 1. The molecule has 0 aliphatic carbocycles. The molecular weight excluding hydrogens is 316 g/mol. The molecule has 1 aromatic heterocycles. The van der Waals surface area contributed by atoms with Gasteiger partial charge in [0.05, 0.1) is 18.2 Å². The summed E-state index contributed by atoms with van der Waals surface area (Å²) >= 11 is 5.84. The minimum Gasteiger partial charge on any atom is -0.444 e.